The summed E-state index contributed by atoms with van der Waals surface area (Å²) >= 11 is 0. The summed E-state index contributed by atoms with van der Waals surface area (Å²) in [4.78, 5) is 14.9. The second-order valence-electron chi connectivity index (χ2n) is 8.85. The average molecular weight is 467 g/mol. The summed E-state index contributed by atoms with van der Waals surface area (Å²) in [6.07, 6.45) is -1.94. The van der Waals surface area contributed by atoms with E-state index in [9.17, 15) is 27.5 Å². The normalized spacial score (nSPS) is 25.5. The number of aliphatic hydroxyl groups is 1. The number of carbonyl (C=O) groups is 1. The molecule has 178 valence electrons. The van der Waals surface area contributed by atoms with E-state index in [4.69, 9.17) is 9.47 Å². The van der Waals surface area contributed by atoms with Crippen molar-refractivity contribution in [3.05, 3.63) is 54.3 Å². The first-order chi connectivity index (χ1) is 15.6. The lowest BCUT2D eigenvalue weighted by Gasteiger charge is -2.40. The minimum atomic E-state index is -4.41. The van der Waals surface area contributed by atoms with E-state index in [-0.39, 0.29) is 24.1 Å². The van der Waals surface area contributed by atoms with Crippen molar-refractivity contribution in [1.82, 2.24) is 0 Å². The van der Waals surface area contributed by atoms with E-state index in [0.29, 0.717) is 50.1 Å². The van der Waals surface area contributed by atoms with Crippen LogP contribution in [0.4, 0.5) is 23.2 Å². The van der Waals surface area contributed by atoms with Crippen molar-refractivity contribution in [3.63, 3.8) is 0 Å². The Labute approximate surface area is 188 Å². The molecule has 33 heavy (non-hydrogen) atoms. The number of amides is 1. The molecule has 1 N–H and O–H groups in total. The number of alkyl halides is 3. The van der Waals surface area contributed by atoms with Gasteiger partial charge in [0.05, 0.1) is 11.0 Å². The summed E-state index contributed by atoms with van der Waals surface area (Å²) in [6, 6.07) is 11.6. The molecule has 2 aliphatic rings. The summed E-state index contributed by atoms with van der Waals surface area (Å²) in [7, 11) is 0. The molecule has 0 radical (unpaired) electrons. The molecule has 4 rings (SSSR count). The molecule has 2 aromatic carbocycles. The van der Waals surface area contributed by atoms with Crippen molar-refractivity contribution in [1.29, 1.82) is 0 Å². The largest absolute Gasteiger partial charge is 0.491 e. The number of benzene rings is 2. The molecule has 1 spiro atoms. The highest BCUT2D eigenvalue weighted by Gasteiger charge is 2.51. The van der Waals surface area contributed by atoms with Gasteiger partial charge in [0.1, 0.15) is 23.9 Å². The maximum Gasteiger partial charge on any atom is 0.422 e. The van der Waals surface area contributed by atoms with Gasteiger partial charge in [-0.05, 0) is 80.6 Å². The van der Waals surface area contributed by atoms with E-state index in [2.05, 4.69) is 0 Å². The van der Waals surface area contributed by atoms with Crippen LogP contribution < -0.4 is 14.4 Å². The van der Waals surface area contributed by atoms with Gasteiger partial charge in [-0.15, -0.1) is 0 Å². The second kappa shape index (κ2) is 8.85. The molecule has 1 saturated heterocycles. The fraction of sp³-hybridized carbons (Fsp3) is 0.458. The lowest BCUT2D eigenvalue weighted by Crippen LogP contribution is -2.46. The van der Waals surface area contributed by atoms with E-state index in [1.807, 2.05) is 0 Å². The quantitative estimate of drug-likeness (QED) is 0.616. The number of rotatable bonds is 6. The smallest absolute Gasteiger partial charge is 0.422 e. The van der Waals surface area contributed by atoms with Gasteiger partial charge in [0.2, 0.25) is 5.91 Å². The lowest BCUT2D eigenvalue weighted by atomic mass is 9.68. The summed E-state index contributed by atoms with van der Waals surface area (Å²) in [5.41, 5.74) is -1.02. The Morgan fingerprint density at radius 3 is 2.06 bits per heavy atom. The van der Waals surface area contributed by atoms with Gasteiger partial charge in [0.15, 0.2) is 6.61 Å². The zero-order valence-corrected chi connectivity index (χ0v) is 17.9. The number of nitrogens with zero attached hydrogens (tertiary/aromatic N) is 1. The molecular weight excluding hydrogens is 442 g/mol. The van der Waals surface area contributed by atoms with Crippen molar-refractivity contribution in [2.24, 2.45) is 5.41 Å². The first-order valence-corrected chi connectivity index (χ1v) is 10.8. The molecule has 1 aliphatic heterocycles. The van der Waals surface area contributed by atoms with Gasteiger partial charge < -0.3 is 19.5 Å². The summed E-state index contributed by atoms with van der Waals surface area (Å²) in [5, 5.41) is 10.9. The van der Waals surface area contributed by atoms with E-state index in [1.165, 1.54) is 36.4 Å². The van der Waals surface area contributed by atoms with Crippen LogP contribution in [0.1, 0.15) is 32.1 Å². The second-order valence-corrected chi connectivity index (χ2v) is 8.85. The molecule has 0 aromatic heterocycles. The standard InChI is InChI=1S/C24H25F4NO4/c25-17-1-5-19(6-2-17)32-15-23(31)11-9-22(10-12-23)13-14-29(21(22)30)18-3-7-20(8-4-18)33-16-24(26,27)28/h1-8,31H,9-16H2/t22-,23+. The van der Waals surface area contributed by atoms with Crippen LogP contribution in [0.5, 0.6) is 11.5 Å². The number of hydrogen-bond donors (Lipinski definition) is 1. The Bertz CT molecular complexity index is 967. The van der Waals surface area contributed by atoms with Crippen molar-refractivity contribution >= 4 is 11.6 Å². The maximum absolute atomic E-state index is 13.2. The number of halogens is 4. The van der Waals surface area contributed by atoms with Crippen molar-refractivity contribution in [2.75, 3.05) is 24.7 Å². The summed E-state index contributed by atoms with van der Waals surface area (Å²) in [6.45, 7) is -0.802. The van der Waals surface area contributed by atoms with E-state index in [1.54, 1.807) is 17.0 Å². The minimum absolute atomic E-state index is 0.0343. The van der Waals surface area contributed by atoms with Gasteiger partial charge in [0, 0.05) is 12.2 Å². The predicted octanol–water partition coefficient (Wildman–Crippen LogP) is 4.87. The molecule has 1 heterocycles. The Morgan fingerprint density at radius 1 is 0.879 bits per heavy atom. The Balaban J connectivity index is 1.33. The van der Waals surface area contributed by atoms with E-state index >= 15 is 0 Å². The maximum atomic E-state index is 13.2. The van der Waals surface area contributed by atoms with Crippen LogP contribution >= 0.6 is 0 Å². The van der Waals surface area contributed by atoms with Gasteiger partial charge in [-0.2, -0.15) is 13.2 Å². The van der Waals surface area contributed by atoms with Crippen molar-refractivity contribution < 1.29 is 36.9 Å². The molecule has 0 bridgehead atoms. The van der Waals surface area contributed by atoms with Gasteiger partial charge in [-0.1, -0.05) is 0 Å². The number of ether oxygens (including phenoxy) is 2. The molecule has 1 amide bonds. The Morgan fingerprint density at radius 2 is 1.45 bits per heavy atom. The molecule has 1 aliphatic carbocycles. The third-order valence-corrected chi connectivity index (χ3v) is 6.52. The van der Waals surface area contributed by atoms with E-state index < -0.39 is 23.8 Å². The molecule has 9 heteroatoms. The molecule has 5 nitrogen and oxygen atoms in total. The van der Waals surface area contributed by atoms with E-state index in [0.717, 1.165) is 0 Å². The molecule has 0 unspecified atom stereocenters. The van der Waals surface area contributed by atoms with Crippen LogP contribution in [-0.2, 0) is 4.79 Å². The fourth-order valence-electron chi connectivity index (χ4n) is 4.51. The molecule has 0 atom stereocenters. The molecular formula is C24H25F4NO4. The Hall–Kier alpha value is -2.81. The summed E-state index contributed by atoms with van der Waals surface area (Å²) < 4.78 is 60.3. The van der Waals surface area contributed by atoms with Crippen LogP contribution in [0.3, 0.4) is 0 Å². The highest BCUT2D eigenvalue weighted by Crippen LogP contribution is 2.48. The van der Waals surface area contributed by atoms with Gasteiger partial charge in [-0.25, -0.2) is 4.39 Å². The average Bonchev–Trinajstić information content (AvgIpc) is 3.10. The van der Waals surface area contributed by atoms with Gasteiger partial charge >= 0.3 is 6.18 Å². The number of hydrogen-bond acceptors (Lipinski definition) is 4. The Kier molecular flexibility index (Phi) is 6.26. The third-order valence-electron chi connectivity index (χ3n) is 6.52. The monoisotopic (exact) mass is 467 g/mol. The first-order valence-electron chi connectivity index (χ1n) is 10.8. The topological polar surface area (TPSA) is 59.0 Å². The molecule has 1 saturated carbocycles. The zero-order valence-electron chi connectivity index (χ0n) is 17.9. The van der Waals surface area contributed by atoms with Gasteiger partial charge in [-0.3, -0.25) is 4.79 Å². The minimum Gasteiger partial charge on any atom is -0.491 e. The fourth-order valence-corrected chi connectivity index (χ4v) is 4.51. The van der Waals surface area contributed by atoms with Crippen LogP contribution in [-0.4, -0.2) is 42.5 Å². The highest BCUT2D eigenvalue weighted by atomic mass is 19.4. The van der Waals surface area contributed by atoms with Crippen LogP contribution in [0.15, 0.2) is 48.5 Å². The molecule has 2 fully saturated rings. The van der Waals surface area contributed by atoms with Gasteiger partial charge in [0.25, 0.3) is 0 Å². The van der Waals surface area contributed by atoms with Crippen molar-refractivity contribution in [2.45, 2.75) is 43.9 Å². The van der Waals surface area contributed by atoms with Crippen molar-refractivity contribution in [3.8, 4) is 11.5 Å². The SMILES string of the molecule is O=C1N(c2ccc(OCC(F)(F)F)cc2)CC[C@]12CC[C@@](O)(COc1ccc(F)cc1)CC2. The third kappa shape index (κ3) is 5.40. The molecule has 2 aromatic rings. The highest BCUT2D eigenvalue weighted by molar-refractivity contribution is 6.00. The first kappa shape index (κ1) is 23.4. The summed E-state index contributed by atoms with van der Waals surface area (Å²) in [5.74, 6) is 0.151. The van der Waals surface area contributed by atoms with Crippen LogP contribution in [0.25, 0.3) is 0 Å². The predicted molar refractivity (Wildman–Crippen MR) is 113 cm³/mol. The lowest BCUT2D eigenvalue weighted by molar-refractivity contribution is -0.153. The number of anilines is 1. The zero-order chi connectivity index (χ0) is 23.7. The van der Waals surface area contributed by atoms with Crippen LogP contribution in [0, 0.1) is 11.2 Å². The number of carbonyl (C=O) groups excluding carboxylic acids is 1. The van der Waals surface area contributed by atoms with Crippen LogP contribution in [0.2, 0.25) is 0 Å².